The van der Waals surface area contributed by atoms with Crippen molar-refractivity contribution < 1.29 is 4.74 Å². The Kier molecular flexibility index (Phi) is 2.94. The molecule has 1 aromatic rings. The van der Waals surface area contributed by atoms with E-state index in [2.05, 4.69) is 44.0 Å². The molecule has 1 fully saturated rings. The summed E-state index contributed by atoms with van der Waals surface area (Å²) in [4.78, 5) is 0. The van der Waals surface area contributed by atoms with Gasteiger partial charge < -0.3 is 4.74 Å². The predicted octanol–water partition coefficient (Wildman–Crippen LogP) is 3.89. The van der Waals surface area contributed by atoms with Gasteiger partial charge in [0.1, 0.15) is 5.75 Å². The van der Waals surface area contributed by atoms with Gasteiger partial charge in [-0.15, -0.1) is 0 Å². The van der Waals surface area contributed by atoms with Crippen molar-refractivity contribution in [2.75, 3.05) is 0 Å². The molecule has 0 N–H and O–H groups in total. The van der Waals surface area contributed by atoms with Gasteiger partial charge in [0.25, 0.3) is 0 Å². The molecule has 1 saturated carbocycles. The van der Waals surface area contributed by atoms with Gasteiger partial charge in [-0.25, -0.2) is 0 Å². The van der Waals surface area contributed by atoms with Crippen molar-refractivity contribution in [1.29, 1.82) is 0 Å². The number of hydrogen-bond donors (Lipinski definition) is 0. The molecule has 0 spiro atoms. The molecule has 1 aliphatic rings. The summed E-state index contributed by atoms with van der Waals surface area (Å²) in [7, 11) is 0. The Morgan fingerprint density at radius 2 is 2.15 bits per heavy atom. The van der Waals surface area contributed by atoms with Crippen molar-refractivity contribution in [3.05, 3.63) is 28.2 Å². The molecule has 0 unspecified atom stereocenters. The average molecular weight is 306 g/mol. The summed E-state index contributed by atoms with van der Waals surface area (Å²) in [6, 6.07) is 6.20. The van der Waals surface area contributed by atoms with Crippen molar-refractivity contribution in [3.8, 4) is 5.75 Å². The van der Waals surface area contributed by atoms with E-state index in [1.54, 1.807) is 0 Å². The average Bonchev–Trinajstić information content (AvgIpc) is 2.92. The minimum absolute atomic E-state index is 0.464. The first-order chi connectivity index (χ1) is 6.29. The fourth-order valence-corrected chi connectivity index (χ4v) is 1.96. The van der Waals surface area contributed by atoms with Gasteiger partial charge in [-0.3, -0.25) is 0 Å². The first kappa shape index (κ1) is 9.53. The monoisotopic (exact) mass is 304 g/mol. The summed E-state index contributed by atoms with van der Waals surface area (Å²) in [5.74, 6) is 0.965. The van der Waals surface area contributed by atoms with Crippen LogP contribution in [0.5, 0.6) is 5.75 Å². The summed E-state index contributed by atoms with van der Waals surface area (Å²) in [6.45, 7) is 0. The quantitative estimate of drug-likeness (QED) is 0.770. The second-order valence-electron chi connectivity index (χ2n) is 3.22. The minimum atomic E-state index is 0.464. The lowest BCUT2D eigenvalue weighted by atomic mass is 10.2. The van der Waals surface area contributed by atoms with Crippen LogP contribution in [0, 0.1) is 0 Å². The van der Waals surface area contributed by atoms with Crippen LogP contribution >= 0.6 is 31.9 Å². The SMILES string of the molecule is BrCc1ccc(OC2CC2)c(Br)c1. The number of ether oxygens (including phenoxy) is 1. The van der Waals surface area contributed by atoms with E-state index in [-0.39, 0.29) is 0 Å². The van der Waals surface area contributed by atoms with E-state index < -0.39 is 0 Å². The fourth-order valence-electron chi connectivity index (χ4n) is 1.09. The minimum Gasteiger partial charge on any atom is -0.489 e. The van der Waals surface area contributed by atoms with Crippen LogP contribution in [0.25, 0.3) is 0 Å². The van der Waals surface area contributed by atoms with E-state index in [9.17, 15) is 0 Å². The number of alkyl halides is 1. The van der Waals surface area contributed by atoms with E-state index in [0.717, 1.165) is 15.6 Å². The lowest BCUT2D eigenvalue weighted by Gasteiger charge is -2.07. The topological polar surface area (TPSA) is 9.23 Å². The van der Waals surface area contributed by atoms with Gasteiger partial charge in [-0.1, -0.05) is 22.0 Å². The number of halogens is 2. The molecule has 2 rings (SSSR count). The largest absolute Gasteiger partial charge is 0.489 e. The summed E-state index contributed by atoms with van der Waals surface area (Å²) in [5, 5.41) is 0.884. The number of rotatable bonds is 3. The Balaban J connectivity index is 2.15. The Labute approximate surface area is 94.7 Å². The van der Waals surface area contributed by atoms with Gasteiger partial charge in [-0.2, -0.15) is 0 Å². The van der Waals surface area contributed by atoms with Gasteiger partial charge in [0.2, 0.25) is 0 Å². The molecule has 13 heavy (non-hydrogen) atoms. The highest BCUT2D eigenvalue weighted by Gasteiger charge is 2.24. The highest BCUT2D eigenvalue weighted by atomic mass is 79.9. The molecule has 0 radical (unpaired) electrons. The normalized spacial score (nSPS) is 15.8. The highest BCUT2D eigenvalue weighted by molar-refractivity contribution is 9.10. The van der Waals surface area contributed by atoms with Crippen molar-refractivity contribution in [2.45, 2.75) is 24.3 Å². The van der Waals surface area contributed by atoms with E-state index in [1.807, 2.05) is 6.07 Å². The summed E-state index contributed by atoms with van der Waals surface area (Å²) in [6.07, 6.45) is 2.87. The van der Waals surface area contributed by atoms with E-state index >= 15 is 0 Å². The molecule has 0 aromatic heterocycles. The second kappa shape index (κ2) is 4.01. The van der Waals surface area contributed by atoms with Crippen LogP contribution in [0.1, 0.15) is 18.4 Å². The third-order valence-corrected chi connectivity index (χ3v) is 3.24. The molecule has 0 heterocycles. The first-order valence-electron chi connectivity index (χ1n) is 4.30. The van der Waals surface area contributed by atoms with Crippen LogP contribution < -0.4 is 4.74 Å². The second-order valence-corrected chi connectivity index (χ2v) is 4.63. The standard InChI is InChI=1S/C10H10Br2O/c11-6-7-1-4-10(9(12)5-7)13-8-2-3-8/h1,4-5,8H,2-3,6H2. The molecule has 70 valence electrons. The van der Waals surface area contributed by atoms with Crippen LogP contribution in [0.4, 0.5) is 0 Å². The maximum Gasteiger partial charge on any atom is 0.133 e. The molecule has 1 aliphatic carbocycles. The van der Waals surface area contributed by atoms with Crippen molar-refractivity contribution in [2.24, 2.45) is 0 Å². The zero-order valence-electron chi connectivity index (χ0n) is 7.09. The zero-order chi connectivity index (χ0) is 9.26. The maximum absolute atomic E-state index is 5.69. The smallest absolute Gasteiger partial charge is 0.133 e. The maximum atomic E-state index is 5.69. The summed E-state index contributed by atoms with van der Waals surface area (Å²) >= 11 is 6.92. The molecule has 0 saturated heterocycles. The number of hydrogen-bond acceptors (Lipinski definition) is 1. The Hall–Kier alpha value is -0.0200. The highest BCUT2D eigenvalue weighted by Crippen LogP contribution is 2.32. The molecule has 0 atom stereocenters. The zero-order valence-corrected chi connectivity index (χ0v) is 10.3. The Morgan fingerprint density at radius 3 is 2.69 bits per heavy atom. The summed E-state index contributed by atoms with van der Waals surface area (Å²) < 4.78 is 6.75. The van der Waals surface area contributed by atoms with Crippen LogP contribution in [0.3, 0.4) is 0 Å². The van der Waals surface area contributed by atoms with Gasteiger partial charge in [-0.05, 0) is 46.5 Å². The van der Waals surface area contributed by atoms with Crippen molar-refractivity contribution in [1.82, 2.24) is 0 Å². The molecule has 3 heteroatoms. The molecule has 0 aliphatic heterocycles. The third kappa shape index (κ3) is 2.47. The molecular formula is C10H10Br2O. The molecular weight excluding hydrogens is 296 g/mol. The predicted molar refractivity (Wildman–Crippen MR) is 60.4 cm³/mol. The lowest BCUT2D eigenvalue weighted by molar-refractivity contribution is 0.301. The van der Waals surface area contributed by atoms with E-state index in [0.29, 0.717) is 6.10 Å². The number of benzene rings is 1. The molecule has 1 aromatic carbocycles. The van der Waals surface area contributed by atoms with Gasteiger partial charge >= 0.3 is 0 Å². The molecule has 0 amide bonds. The van der Waals surface area contributed by atoms with Crippen LogP contribution in [0.15, 0.2) is 22.7 Å². The van der Waals surface area contributed by atoms with E-state index in [1.165, 1.54) is 18.4 Å². The lowest BCUT2D eigenvalue weighted by Crippen LogP contribution is -1.96. The van der Waals surface area contributed by atoms with Crippen LogP contribution in [-0.2, 0) is 5.33 Å². The summed E-state index contributed by atoms with van der Waals surface area (Å²) in [5.41, 5.74) is 1.26. The third-order valence-electron chi connectivity index (χ3n) is 1.97. The Bertz CT molecular complexity index is 308. The first-order valence-corrected chi connectivity index (χ1v) is 6.22. The molecule has 0 bridgehead atoms. The van der Waals surface area contributed by atoms with Gasteiger partial charge in [0, 0.05) is 5.33 Å². The van der Waals surface area contributed by atoms with E-state index in [4.69, 9.17) is 4.74 Å². The van der Waals surface area contributed by atoms with Crippen molar-refractivity contribution in [3.63, 3.8) is 0 Å². The van der Waals surface area contributed by atoms with Crippen molar-refractivity contribution >= 4 is 31.9 Å². The Morgan fingerprint density at radius 1 is 1.38 bits per heavy atom. The van der Waals surface area contributed by atoms with Gasteiger partial charge in [0.05, 0.1) is 10.6 Å². The van der Waals surface area contributed by atoms with Crippen LogP contribution in [-0.4, -0.2) is 6.10 Å². The molecule has 1 nitrogen and oxygen atoms in total. The van der Waals surface area contributed by atoms with Crippen LogP contribution in [0.2, 0.25) is 0 Å². The fraction of sp³-hybridized carbons (Fsp3) is 0.400. The van der Waals surface area contributed by atoms with Gasteiger partial charge in [0.15, 0.2) is 0 Å².